The second kappa shape index (κ2) is 3.95. The summed E-state index contributed by atoms with van der Waals surface area (Å²) in [4.78, 5) is 11.7. The number of nitrogens with one attached hydrogen (secondary N) is 2. The molecule has 0 saturated carbocycles. The zero-order valence-corrected chi connectivity index (χ0v) is 11.0. The standard InChI is InChI=1S/C10H12IN2O3/c1-10(2)7-5-6(11-13(15)16)3-4-8(7)12-9(10)14/h3-5,13,15H,1-2H3,(H,12,14)/q-1. The number of halogens is 1. The summed E-state index contributed by atoms with van der Waals surface area (Å²) in [5.41, 5.74) is 1.14. The van der Waals surface area contributed by atoms with Gasteiger partial charge >= 0.3 is 104 Å². The van der Waals surface area contributed by atoms with Gasteiger partial charge in [-0.15, -0.1) is 0 Å². The van der Waals surface area contributed by atoms with Crippen molar-refractivity contribution in [1.29, 1.82) is 0 Å². The molecular formula is C10H12IN2O3-. The van der Waals surface area contributed by atoms with Crippen molar-refractivity contribution in [3.63, 3.8) is 0 Å². The second-order valence-corrected chi connectivity index (χ2v) is 6.82. The molecule has 0 fully saturated rings. The van der Waals surface area contributed by atoms with Crippen LogP contribution in [0.1, 0.15) is 19.4 Å². The van der Waals surface area contributed by atoms with Gasteiger partial charge in [-0.1, -0.05) is 0 Å². The Kier molecular flexibility index (Phi) is 2.91. The van der Waals surface area contributed by atoms with Crippen LogP contribution in [0.2, 0.25) is 0 Å². The van der Waals surface area contributed by atoms with Crippen molar-refractivity contribution >= 4 is 11.6 Å². The van der Waals surface area contributed by atoms with Crippen LogP contribution in [0.25, 0.3) is 0 Å². The molecule has 5 nitrogen and oxygen atoms in total. The number of benzene rings is 1. The van der Waals surface area contributed by atoms with Crippen LogP contribution >= 0.6 is 0 Å². The third-order valence-corrected chi connectivity index (χ3v) is 4.42. The molecule has 2 rings (SSSR count). The fourth-order valence-electron chi connectivity index (χ4n) is 1.70. The molecule has 0 aromatic heterocycles. The average Bonchev–Trinajstić information content (AvgIpc) is 2.39. The van der Waals surface area contributed by atoms with Gasteiger partial charge < -0.3 is 0 Å². The van der Waals surface area contributed by atoms with Crippen molar-refractivity contribution in [3.8, 4) is 0 Å². The van der Waals surface area contributed by atoms with Crippen molar-refractivity contribution in [1.82, 2.24) is 0 Å². The van der Waals surface area contributed by atoms with E-state index in [0.29, 0.717) is 0 Å². The van der Waals surface area contributed by atoms with Gasteiger partial charge in [-0.25, -0.2) is 0 Å². The molecule has 16 heavy (non-hydrogen) atoms. The Balaban J connectivity index is 2.40. The van der Waals surface area contributed by atoms with Crippen molar-refractivity contribution in [2.24, 2.45) is 0 Å². The van der Waals surface area contributed by atoms with Crippen LogP contribution in [0, 0.1) is 8.78 Å². The van der Waals surface area contributed by atoms with E-state index in [1.807, 2.05) is 19.9 Å². The summed E-state index contributed by atoms with van der Waals surface area (Å²) < 4.78 is 0.0727. The molecule has 1 aromatic carbocycles. The Bertz CT molecular complexity index is 446. The molecule has 0 radical (unpaired) electrons. The fourth-order valence-corrected chi connectivity index (χ4v) is 3.06. The number of anilines is 1. The third kappa shape index (κ3) is 1.93. The van der Waals surface area contributed by atoms with E-state index in [2.05, 4.69) is 5.32 Å². The zero-order valence-electron chi connectivity index (χ0n) is 8.87. The summed E-state index contributed by atoms with van der Waals surface area (Å²) in [6.45, 7) is 3.69. The number of rotatable bonds is 2. The Morgan fingerprint density at radius 2 is 2.19 bits per heavy atom. The van der Waals surface area contributed by atoms with Gasteiger partial charge in [0.1, 0.15) is 0 Å². The monoisotopic (exact) mass is 335 g/mol. The van der Waals surface area contributed by atoms with Gasteiger partial charge in [-0.3, -0.25) is 0 Å². The SMILES string of the molecule is CC1(C)C(=O)Nc2ccc([I-][NH+]([O-])O)cc21. The Labute approximate surface area is 104 Å². The summed E-state index contributed by atoms with van der Waals surface area (Å²) >= 11 is -1.02. The van der Waals surface area contributed by atoms with Gasteiger partial charge in [0.2, 0.25) is 0 Å². The molecule has 0 saturated heterocycles. The first-order chi connectivity index (χ1) is 7.41. The molecule has 88 valence electrons. The molecule has 1 atom stereocenters. The van der Waals surface area contributed by atoms with E-state index in [9.17, 15) is 10.0 Å². The average molecular weight is 335 g/mol. The second-order valence-electron chi connectivity index (χ2n) is 4.12. The molecule has 1 aliphatic heterocycles. The van der Waals surface area contributed by atoms with Crippen LogP contribution in [0.5, 0.6) is 0 Å². The van der Waals surface area contributed by atoms with Gasteiger partial charge in [0.05, 0.1) is 0 Å². The van der Waals surface area contributed by atoms with E-state index >= 15 is 0 Å². The number of quaternary nitrogens is 1. The predicted molar refractivity (Wildman–Crippen MR) is 52.9 cm³/mol. The topological polar surface area (TPSA) is 76.8 Å². The molecule has 1 heterocycles. The Hall–Kier alpha value is -0.700. The van der Waals surface area contributed by atoms with E-state index in [4.69, 9.17) is 5.21 Å². The molecular weight excluding hydrogens is 323 g/mol. The van der Waals surface area contributed by atoms with Gasteiger partial charge in [-0.05, 0) is 0 Å². The van der Waals surface area contributed by atoms with E-state index in [1.165, 1.54) is 0 Å². The first kappa shape index (κ1) is 11.8. The molecule has 1 aromatic rings. The van der Waals surface area contributed by atoms with Crippen molar-refractivity contribution in [3.05, 3.63) is 32.5 Å². The van der Waals surface area contributed by atoms with Crippen LogP contribution < -0.4 is 30.2 Å². The summed E-state index contributed by atoms with van der Waals surface area (Å²) in [6, 6.07) is 5.41. The first-order valence-corrected chi connectivity index (χ1v) is 6.91. The third-order valence-electron chi connectivity index (χ3n) is 2.66. The molecule has 1 aliphatic rings. The van der Waals surface area contributed by atoms with Crippen LogP contribution in [0.3, 0.4) is 0 Å². The molecule has 6 heteroatoms. The van der Waals surface area contributed by atoms with Gasteiger partial charge in [0, 0.05) is 0 Å². The van der Waals surface area contributed by atoms with Crippen molar-refractivity contribution in [2.75, 3.05) is 5.32 Å². The van der Waals surface area contributed by atoms with Crippen LogP contribution in [-0.2, 0) is 10.2 Å². The van der Waals surface area contributed by atoms with Crippen molar-refractivity contribution < 1.29 is 34.9 Å². The van der Waals surface area contributed by atoms with Crippen LogP contribution in [-0.4, -0.2) is 11.1 Å². The number of hydrogen-bond acceptors (Lipinski definition) is 3. The number of fused-ring (bicyclic) bond motifs is 1. The first-order valence-electron chi connectivity index (χ1n) is 4.75. The van der Waals surface area contributed by atoms with Gasteiger partial charge in [0.15, 0.2) is 0 Å². The van der Waals surface area contributed by atoms with E-state index < -0.39 is 30.3 Å². The number of amides is 1. The van der Waals surface area contributed by atoms with E-state index in [1.54, 1.807) is 12.1 Å². The minimum absolute atomic E-state index is 0.0341. The van der Waals surface area contributed by atoms with Crippen LogP contribution in [0.4, 0.5) is 5.69 Å². The molecule has 1 unspecified atom stereocenters. The summed E-state index contributed by atoms with van der Waals surface area (Å²) in [5.74, 6) is -0.0341. The zero-order chi connectivity index (χ0) is 11.9. The Morgan fingerprint density at radius 3 is 2.81 bits per heavy atom. The van der Waals surface area contributed by atoms with Gasteiger partial charge in [0.25, 0.3) is 0 Å². The normalized spacial score (nSPS) is 19.4. The molecule has 1 amide bonds. The summed E-state index contributed by atoms with van der Waals surface area (Å²) in [7, 11) is 0. The number of carbonyl (C=O) groups is 1. The van der Waals surface area contributed by atoms with E-state index in [0.717, 1.165) is 14.8 Å². The maximum absolute atomic E-state index is 11.7. The fraction of sp³-hybridized carbons (Fsp3) is 0.300. The predicted octanol–water partition coefficient (Wildman–Crippen LogP) is -3.14. The molecule has 0 spiro atoms. The molecule has 3 N–H and O–H groups in total. The van der Waals surface area contributed by atoms with Crippen LogP contribution in [0.15, 0.2) is 18.2 Å². The van der Waals surface area contributed by atoms with Gasteiger partial charge in [-0.2, -0.15) is 0 Å². The quantitative estimate of drug-likeness (QED) is 0.304. The maximum atomic E-state index is 11.7. The summed E-state index contributed by atoms with van der Waals surface area (Å²) in [5, 5.41) is 22.2. The minimum atomic E-state index is -1.02. The number of hydrogen-bond donors (Lipinski definition) is 3. The van der Waals surface area contributed by atoms with E-state index in [-0.39, 0.29) is 5.91 Å². The Morgan fingerprint density at radius 1 is 1.50 bits per heavy atom. The summed E-state index contributed by atoms with van der Waals surface area (Å²) in [6.07, 6.45) is 0. The molecule has 0 bridgehead atoms. The molecule has 0 aliphatic carbocycles. The van der Waals surface area contributed by atoms with Crippen molar-refractivity contribution in [2.45, 2.75) is 19.3 Å². The number of carbonyl (C=O) groups excluding carboxylic acids is 1.